The zero-order valence-electron chi connectivity index (χ0n) is 26.3. The minimum absolute atomic E-state index is 0.704. The maximum absolute atomic E-state index is 5.68. The summed E-state index contributed by atoms with van der Waals surface area (Å²) >= 11 is 5.48. The number of para-hydroxylation sites is 1. The van der Waals surface area contributed by atoms with Gasteiger partial charge in [-0.25, -0.2) is 9.97 Å². The quantitative estimate of drug-likeness (QED) is 0.181. The van der Waals surface area contributed by atoms with E-state index in [9.17, 15) is 0 Å². The molecule has 5 aromatic heterocycles. The Morgan fingerprint density at radius 1 is 0.400 bits per heavy atom. The molecule has 0 aliphatic carbocycles. The average molecular weight is 690 g/mol. The summed E-state index contributed by atoms with van der Waals surface area (Å²) in [4.78, 5) is 12.2. The maximum Gasteiger partial charge on any atom is 0.236 e. The minimum Gasteiger partial charge on any atom is -0.277 e. The van der Waals surface area contributed by atoms with E-state index in [0.717, 1.165) is 27.0 Å². The highest BCUT2D eigenvalue weighted by Gasteiger charge is 2.25. The molecule has 3 nitrogen and oxygen atoms in total. The van der Waals surface area contributed by atoms with Crippen molar-refractivity contribution in [3.8, 4) is 17.2 Å². The molecule has 0 fully saturated rings. The first-order valence-electron chi connectivity index (χ1n) is 16.7. The molecule has 0 N–H and O–H groups in total. The topological polar surface area (TPSA) is 30.7 Å². The summed E-state index contributed by atoms with van der Waals surface area (Å²) in [5.74, 6) is 0.704. The lowest BCUT2D eigenvalue weighted by molar-refractivity contribution is 1.02. The fourth-order valence-corrected chi connectivity index (χ4v) is 11.7. The van der Waals surface area contributed by atoms with Crippen LogP contribution < -0.4 is 0 Å². The first-order valence-corrected chi connectivity index (χ1v) is 19.1. The van der Waals surface area contributed by atoms with Crippen molar-refractivity contribution in [2.45, 2.75) is 0 Å². The summed E-state index contributed by atoms with van der Waals surface area (Å²) in [6, 6.07) is 50.6. The molecule has 0 radical (unpaired) electrons. The second-order valence-electron chi connectivity index (χ2n) is 12.9. The molecule has 0 atom stereocenters. The van der Waals surface area contributed by atoms with Crippen LogP contribution in [0.3, 0.4) is 0 Å². The van der Waals surface area contributed by atoms with Crippen molar-refractivity contribution in [1.29, 1.82) is 0 Å². The van der Waals surface area contributed by atoms with Crippen LogP contribution in [-0.2, 0) is 0 Å². The van der Waals surface area contributed by atoms with Gasteiger partial charge in [-0.3, -0.25) is 4.57 Å². The molecular weight excluding hydrogens is 667 g/mol. The predicted octanol–water partition coefficient (Wildman–Crippen LogP) is 13.5. The Morgan fingerprint density at radius 3 is 1.76 bits per heavy atom. The molecule has 50 heavy (non-hydrogen) atoms. The number of hydrogen-bond acceptors (Lipinski definition) is 5. The first kappa shape index (κ1) is 27.2. The first-order chi connectivity index (χ1) is 24.8. The van der Waals surface area contributed by atoms with Gasteiger partial charge in [-0.1, -0.05) is 115 Å². The molecule has 0 aliphatic rings. The SMILES string of the molecule is c1ccc2c(c1)sc1c(-c3nc(-n4c5ccccc5c5c6ccccc6c6sc7ccccc7c6c54)nc4sc5ccccc5c34)cccc12. The van der Waals surface area contributed by atoms with E-state index in [1.165, 1.54) is 77.5 Å². The normalized spacial score (nSPS) is 12.4. The van der Waals surface area contributed by atoms with Crippen molar-refractivity contribution < 1.29 is 0 Å². The summed E-state index contributed by atoms with van der Waals surface area (Å²) in [6.07, 6.45) is 0. The Bertz CT molecular complexity index is 3400. The van der Waals surface area contributed by atoms with Crippen LogP contribution in [0.2, 0.25) is 0 Å². The number of hydrogen-bond donors (Lipinski definition) is 0. The Morgan fingerprint density at radius 2 is 0.960 bits per heavy atom. The van der Waals surface area contributed by atoms with Crippen molar-refractivity contribution in [2.75, 3.05) is 0 Å². The number of nitrogens with zero attached hydrogens (tertiary/aromatic N) is 3. The minimum atomic E-state index is 0.704. The van der Waals surface area contributed by atoms with Gasteiger partial charge in [0.15, 0.2) is 0 Å². The van der Waals surface area contributed by atoms with Crippen LogP contribution in [0.1, 0.15) is 0 Å². The van der Waals surface area contributed by atoms with E-state index in [0.29, 0.717) is 5.95 Å². The molecule has 7 aromatic carbocycles. The van der Waals surface area contributed by atoms with Crippen LogP contribution in [0.15, 0.2) is 140 Å². The fraction of sp³-hybridized carbons (Fsp3) is 0. The molecule has 6 heteroatoms. The van der Waals surface area contributed by atoms with Crippen molar-refractivity contribution in [3.05, 3.63) is 140 Å². The molecule has 12 aromatic rings. The molecule has 5 heterocycles. The Hall–Kier alpha value is -5.66. The van der Waals surface area contributed by atoms with Crippen molar-refractivity contribution in [3.63, 3.8) is 0 Å². The molecule has 0 spiro atoms. The predicted molar refractivity (Wildman–Crippen MR) is 218 cm³/mol. The second-order valence-corrected chi connectivity index (χ2v) is 16.0. The Labute approximate surface area is 296 Å². The van der Waals surface area contributed by atoms with E-state index >= 15 is 0 Å². The van der Waals surface area contributed by atoms with Crippen molar-refractivity contribution in [1.82, 2.24) is 14.5 Å². The lowest BCUT2D eigenvalue weighted by Gasteiger charge is -2.12. The van der Waals surface area contributed by atoms with Crippen molar-refractivity contribution in [2.24, 2.45) is 0 Å². The van der Waals surface area contributed by atoms with E-state index in [1.54, 1.807) is 11.3 Å². The van der Waals surface area contributed by atoms with Gasteiger partial charge in [0.2, 0.25) is 5.95 Å². The molecule has 12 rings (SSSR count). The van der Waals surface area contributed by atoms with Gasteiger partial charge in [-0.05, 0) is 29.7 Å². The van der Waals surface area contributed by atoms with E-state index in [4.69, 9.17) is 9.97 Å². The zero-order valence-corrected chi connectivity index (χ0v) is 28.8. The molecule has 0 saturated carbocycles. The molecular formula is C44H23N3S3. The third kappa shape index (κ3) is 3.52. The molecule has 232 valence electrons. The van der Waals surface area contributed by atoms with E-state index in [1.807, 2.05) is 22.7 Å². The van der Waals surface area contributed by atoms with Gasteiger partial charge in [0.25, 0.3) is 0 Å². The number of aromatic nitrogens is 3. The standard InChI is InChI=1S/C44H23N3S3/c1-2-14-27-25(13-1)36-28-15-3-7-20-32(28)47(40(36)38-30-17-6-9-22-34(30)49-42(27)38)44-45-39(37-29-16-5-10-23-35(29)50-43(37)46-44)31-19-11-18-26-24-12-4-8-21-33(24)48-41(26)31/h1-23H. The van der Waals surface area contributed by atoms with Crippen LogP contribution in [0.5, 0.6) is 0 Å². The lowest BCUT2D eigenvalue weighted by atomic mass is 10.00. The van der Waals surface area contributed by atoms with E-state index in [-0.39, 0.29) is 0 Å². The zero-order chi connectivity index (χ0) is 32.5. The smallest absolute Gasteiger partial charge is 0.236 e. The van der Waals surface area contributed by atoms with Crippen LogP contribution >= 0.6 is 34.0 Å². The van der Waals surface area contributed by atoms with Crippen molar-refractivity contribution >= 4 is 127 Å². The van der Waals surface area contributed by atoms with Crippen LogP contribution in [-0.4, -0.2) is 14.5 Å². The lowest BCUT2D eigenvalue weighted by Crippen LogP contribution is -2.03. The molecule has 0 saturated heterocycles. The summed E-state index contributed by atoms with van der Waals surface area (Å²) in [5.41, 5.74) is 4.42. The van der Waals surface area contributed by atoms with Gasteiger partial charge >= 0.3 is 0 Å². The fourth-order valence-electron chi connectivity index (χ4n) is 8.17. The van der Waals surface area contributed by atoms with Gasteiger partial charge < -0.3 is 0 Å². The largest absolute Gasteiger partial charge is 0.277 e. The highest BCUT2D eigenvalue weighted by Crippen LogP contribution is 2.49. The van der Waals surface area contributed by atoms with Crippen LogP contribution in [0.25, 0.3) is 110 Å². The van der Waals surface area contributed by atoms with Gasteiger partial charge in [-0.2, -0.15) is 0 Å². The Balaban J connectivity index is 1.31. The highest BCUT2D eigenvalue weighted by atomic mass is 32.1. The highest BCUT2D eigenvalue weighted by molar-refractivity contribution is 7.27. The number of thiophene rings is 3. The third-order valence-corrected chi connectivity index (χ3v) is 13.7. The maximum atomic E-state index is 5.68. The third-order valence-electron chi connectivity index (χ3n) is 10.2. The summed E-state index contributed by atoms with van der Waals surface area (Å²) in [5, 5.41) is 12.4. The Kier molecular flexibility index (Phi) is 5.42. The van der Waals surface area contributed by atoms with Gasteiger partial charge in [-0.15, -0.1) is 34.0 Å². The molecule has 0 amide bonds. The molecule has 0 aliphatic heterocycles. The van der Waals surface area contributed by atoms with Gasteiger partial charge in [0.1, 0.15) is 4.83 Å². The summed E-state index contributed by atoms with van der Waals surface area (Å²) in [6.45, 7) is 0. The van der Waals surface area contributed by atoms with Gasteiger partial charge in [0, 0.05) is 77.5 Å². The number of rotatable bonds is 2. The van der Waals surface area contributed by atoms with Crippen LogP contribution in [0.4, 0.5) is 0 Å². The summed E-state index contributed by atoms with van der Waals surface area (Å²) < 4.78 is 8.72. The molecule has 0 unspecified atom stereocenters. The average Bonchev–Trinajstić information content (AvgIpc) is 3.93. The number of benzene rings is 7. The molecule has 0 bridgehead atoms. The van der Waals surface area contributed by atoms with E-state index < -0.39 is 0 Å². The summed E-state index contributed by atoms with van der Waals surface area (Å²) in [7, 11) is 0. The number of fused-ring (bicyclic) bond motifs is 16. The monoisotopic (exact) mass is 689 g/mol. The van der Waals surface area contributed by atoms with Crippen LogP contribution in [0, 0.1) is 0 Å². The second kappa shape index (κ2) is 9.96. The van der Waals surface area contributed by atoms with E-state index in [2.05, 4.69) is 144 Å². The van der Waals surface area contributed by atoms with Gasteiger partial charge in [0.05, 0.1) is 16.7 Å².